The second-order valence-electron chi connectivity index (χ2n) is 6.11. The van der Waals surface area contributed by atoms with Crippen LogP contribution >= 0.6 is 0 Å². The van der Waals surface area contributed by atoms with E-state index in [-0.39, 0.29) is 0 Å². The molecule has 2 saturated heterocycles. The second kappa shape index (κ2) is 8.32. The van der Waals surface area contributed by atoms with Crippen molar-refractivity contribution in [3.8, 4) is 0 Å². The minimum absolute atomic E-state index is 0.396. The highest BCUT2D eigenvalue weighted by Crippen LogP contribution is 2.31. The zero-order valence-electron chi connectivity index (χ0n) is 13.5. The van der Waals surface area contributed by atoms with Crippen LogP contribution in [0, 0.1) is 5.92 Å². The van der Waals surface area contributed by atoms with Gasteiger partial charge in [0.2, 0.25) is 0 Å². The van der Waals surface area contributed by atoms with E-state index in [1.807, 2.05) is 0 Å². The van der Waals surface area contributed by atoms with Gasteiger partial charge < -0.3 is 49.6 Å². The Hall–Kier alpha value is -0.400. The van der Waals surface area contributed by atoms with Gasteiger partial charge in [0, 0.05) is 13.0 Å². The van der Waals surface area contributed by atoms with E-state index in [1.165, 1.54) is 7.11 Å². The number of rotatable bonds is 5. The molecule has 6 N–H and O–H groups in total. The zero-order valence-corrected chi connectivity index (χ0v) is 13.5. The highest BCUT2D eigenvalue weighted by Gasteiger charge is 2.49. The second-order valence-corrected chi connectivity index (χ2v) is 6.11. The van der Waals surface area contributed by atoms with Crippen molar-refractivity contribution < 1.29 is 49.6 Å². The van der Waals surface area contributed by atoms with Crippen molar-refractivity contribution in [2.45, 2.75) is 62.2 Å². The number of ether oxygens (including phenoxy) is 4. The maximum Gasteiger partial charge on any atom is 0.187 e. The third kappa shape index (κ3) is 3.73. The van der Waals surface area contributed by atoms with Gasteiger partial charge in [-0.25, -0.2) is 0 Å². The highest BCUT2D eigenvalue weighted by atomic mass is 16.7. The standard InChI is InChI=1S/C14H26O10/c1-5-6(3-15)22-14(10(19)8(5)17)24-12-7(4-16)23-13(21-2)11(20)9(12)18/h5-20H,3-4H2,1-2H3/t5-,6-,7+,8+,9+,10+,11-,12-,13-,14+/m1/s1. The Labute approximate surface area is 139 Å². The smallest absolute Gasteiger partial charge is 0.187 e. The topological polar surface area (TPSA) is 158 Å². The third-order valence-electron chi connectivity index (χ3n) is 4.59. The largest absolute Gasteiger partial charge is 0.394 e. The molecule has 24 heavy (non-hydrogen) atoms. The van der Waals surface area contributed by atoms with Crippen LogP contribution in [0.25, 0.3) is 0 Å². The monoisotopic (exact) mass is 354 g/mol. The molecule has 2 aliphatic heterocycles. The fraction of sp³-hybridized carbons (Fsp3) is 1.00. The van der Waals surface area contributed by atoms with Crippen LogP contribution in [0.15, 0.2) is 0 Å². The van der Waals surface area contributed by atoms with E-state index < -0.39 is 74.4 Å². The third-order valence-corrected chi connectivity index (χ3v) is 4.59. The summed E-state index contributed by atoms with van der Waals surface area (Å²) in [5, 5.41) is 59.0. The van der Waals surface area contributed by atoms with Gasteiger partial charge in [0.05, 0.1) is 25.4 Å². The van der Waals surface area contributed by atoms with Crippen LogP contribution < -0.4 is 0 Å². The summed E-state index contributed by atoms with van der Waals surface area (Å²) in [5.41, 5.74) is 0. The van der Waals surface area contributed by atoms with Crippen molar-refractivity contribution >= 4 is 0 Å². The molecule has 0 aromatic heterocycles. The fourth-order valence-corrected chi connectivity index (χ4v) is 2.96. The van der Waals surface area contributed by atoms with E-state index in [0.29, 0.717) is 0 Å². The van der Waals surface area contributed by atoms with Crippen LogP contribution in [0.3, 0.4) is 0 Å². The average molecular weight is 354 g/mol. The van der Waals surface area contributed by atoms with Crippen molar-refractivity contribution in [1.29, 1.82) is 0 Å². The first-order valence-electron chi connectivity index (χ1n) is 7.78. The number of hydrogen-bond acceptors (Lipinski definition) is 10. The first-order valence-corrected chi connectivity index (χ1v) is 7.78. The molecular weight excluding hydrogens is 328 g/mol. The molecule has 0 aromatic rings. The van der Waals surface area contributed by atoms with Gasteiger partial charge in [-0.2, -0.15) is 0 Å². The summed E-state index contributed by atoms with van der Waals surface area (Å²) in [4.78, 5) is 0. The first-order chi connectivity index (χ1) is 11.3. The molecule has 10 heteroatoms. The maximum atomic E-state index is 10.2. The lowest BCUT2D eigenvalue weighted by atomic mass is 9.91. The molecule has 2 heterocycles. The molecule has 2 fully saturated rings. The van der Waals surface area contributed by atoms with Gasteiger partial charge in [-0.1, -0.05) is 6.92 Å². The molecule has 0 saturated carbocycles. The SMILES string of the molecule is CO[C@@H]1O[C@@H](CO)[C@@H](O[C@@H]2O[C@H](CO)[C@@H](C)[C@H](O)[C@@H]2O)[C@@H](O)[C@H]1O. The molecule has 10 nitrogen and oxygen atoms in total. The highest BCUT2D eigenvalue weighted by molar-refractivity contribution is 4.93. The molecule has 0 radical (unpaired) electrons. The van der Waals surface area contributed by atoms with E-state index in [2.05, 4.69) is 0 Å². The molecule has 10 atom stereocenters. The van der Waals surface area contributed by atoms with Crippen molar-refractivity contribution in [2.75, 3.05) is 20.3 Å². The van der Waals surface area contributed by atoms with Gasteiger partial charge in [0.1, 0.15) is 30.5 Å². The number of methoxy groups -OCH3 is 1. The van der Waals surface area contributed by atoms with Gasteiger partial charge in [0.15, 0.2) is 12.6 Å². The Morgan fingerprint density at radius 1 is 0.792 bits per heavy atom. The Morgan fingerprint density at radius 3 is 1.88 bits per heavy atom. The molecule has 0 aromatic carbocycles. The summed E-state index contributed by atoms with van der Waals surface area (Å²) in [6.45, 7) is 0.666. The number of aliphatic hydroxyl groups excluding tert-OH is 6. The van der Waals surface area contributed by atoms with Crippen molar-refractivity contribution in [2.24, 2.45) is 5.92 Å². The zero-order chi connectivity index (χ0) is 18.0. The summed E-state index contributed by atoms with van der Waals surface area (Å²) in [5.74, 6) is -0.533. The predicted octanol–water partition coefficient (Wildman–Crippen LogP) is -3.47. The fourth-order valence-electron chi connectivity index (χ4n) is 2.96. The average Bonchev–Trinajstić information content (AvgIpc) is 2.59. The summed E-state index contributed by atoms with van der Waals surface area (Å²) < 4.78 is 21.1. The van der Waals surface area contributed by atoms with Gasteiger partial charge in [-0.3, -0.25) is 0 Å². The summed E-state index contributed by atoms with van der Waals surface area (Å²) in [7, 11) is 1.27. The lowest BCUT2D eigenvalue weighted by Gasteiger charge is -2.46. The van der Waals surface area contributed by atoms with E-state index in [4.69, 9.17) is 18.9 Å². The van der Waals surface area contributed by atoms with E-state index in [9.17, 15) is 30.6 Å². The van der Waals surface area contributed by atoms with Gasteiger partial charge in [0.25, 0.3) is 0 Å². The Balaban J connectivity index is 2.12. The minimum atomic E-state index is -1.49. The normalized spacial score (nSPS) is 50.0. The number of aliphatic hydroxyl groups is 6. The summed E-state index contributed by atoms with van der Waals surface area (Å²) in [6, 6.07) is 0. The van der Waals surface area contributed by atoms with Crippen LogP contribution in [0.1, 0.15) is 6.92 Å². The van der Waals surface area contributed by atoms with Gasteiger partial charge in [-0.15, -0.1) is 0 Å². The first kappa shape index (κ1) is 19.9. The van der Waals surface area contributed by atoms with Crippen molar-refractivity contribution in [3.63, 3.8) is 0 Å². The van der Waals surface area contributed by atoms with Crippen molar-refractivity contribution in [1.82, 2.24) is 0 Å². The van der Waals surface area contributed by atoms with Gasteiger partial charge in [-0.05, 0) is 0 Å². The Bertz CT molecular complexity index is 392. The molecule has 2 rings (SSSR count). The van der Waals surface area contributed by atoms with Gasteiger partial charge >= 0.3 is 0 Å². The van der Waals surface area contributed by atoms with E-state index >= 15 is 0 Å². The van der Waals surface area contributed by atoms with Crippen LogP contribution in [-0.2, 0) is 18.9 Å². The molecule has 0 aliphatic carbocycles. The Morgan fingerprint density at radius 2 is 1.33 bits per heavy atom. The maximum absolute atomic E-state index is 10.2. The van der Waals surface area contributed by atoms with Crippen molar-refractivity contribution in [3.05, 3.63) is 0 Å². The molecule has 0 bridgehead atoms. The molecule has 2 aliphatic rings. The quantitative estimate of drug-likeness (QED) is 0.293. The minimum Gasteiger partial charge on any atom is -0.394 e. The van der Waals surface area contributed by atoms with Crippen LogP contribution in [0.5, 0.6) is 0 Å². The van der Waals surface area contributed by atoms with Crippen LogP contribution in [0.4, 0.5) is 0 Å². The Kier molecular flexibility index (Phi) is 6.90. The lowest BCUT2D eigenvalue weighted by Crippen LogP contribution is -2.63. The van der Waals surface area contributed by atoms with Crippen LogP contribution in [-0.4, -0.2) is 106 Å². The van der Waals surface area contributed by atoms with Crippen LogP contribution in [0.2, 0.25) is 0 Å². The molecule has 142 valence electrons. The molecule has 0 amide bonds. The predicted molar refractivity (Wildman–Crippen MR) is 76.6 cm³/mol. The molecule has 0 unspecified atom stereocenters. The lowest BCUT2D eigenvalue weighted by molar-refractivity contribution is -0.353. The number of hydrogen-bond donors (Lipinski definition) is 6. The summed E-state index contributed by atoms with van der Waals surface area (Å²) in [6.07, 6.45) is -11.2. The molecule has 0 spiro atoms. The van der Waals surface area contributed by atoms with E-state index in [1.54, 1.807) is 6.92 Å². The van der Waals surface area contributed by atoms with E-state index in [0.717, 1.165) is 0 Å². The molecular formula is C14H26O10. The summed E-state index contributed by atoms with van der Waals surface area (Å²) >= 11 is 0.